The van der Waals surface area contributed by atoms with Crippen LogP contribution >= 0.6 is 0 Å². The van der Waals surface area contributed by atoms with E-state index < -0.39 is 0 Å². The summed E-state index contributed by atoms with van der Waals surface area (Å²) < 4.78 is 2.00. The molecule has 0 saturated carbocycles. The molecule has 0 unspecified atom stereocenters. The Morgan fingerprint density at radius 3 is 2.89 bits per heavy atom. The molecule has 1 fully saturated rings. The van der Waals surface area contributed by atoms with Gasteiger partial charge >= 0.3 is 6.03 Å². The number of hydrogen-bond acceptors (Lipinski definition) is 4. The van der Waals surface area contributed by atoms with Crippen molar-refractivity contribution < 1.29 is 4.79 Å². The average Bonchev–Trinajstić information content (AvgIpc) is 3.52. The van der Waals surface area contributed by atoms with Crippen molar-refractivity contribution in [2.24, 2.45) is 0 Å². The number of nitrogens with one attached hydrogen (secondary N) is 2. The topological polar surface area (TPSA) is 81.6 Å². The molecule has 2 N–H and O–H groups in total. The Morgan fingerprint density at radius 2 is 2.03 bits per heavy atom. The Hall–Kier alpha value is -3.65. The Kier molecular flexibility index (Phi) is 5.97. The number of pyridine rings is 1. The second-order valence-corrected chi connectivity index (χ2v) is 10.2. The van der Waals surface area contributed by atoms with E-state index in [4.69, 9.17) is 0 Å². The number of aromatic nitrogens is 4. The van der Waals surface area contributed by atoms with Crippen LogP contribution in [0.5, 0.6) is 0 Å². The number of aromatic amines is 1. The fraction of sp³-hybridized carbons (Fsp3) is 0.393. The van der Waals surface area contributed by atoms with Crippen molar-refractivity contribution in [1.82, 2.24) is 34.7 Å². The number of imidazole rings is 1. The van der Waals surface area contributed by atoms with Crippen LogP contribution in [0.15, 0.2) is 48.9 Å². The second-order valence-electron chi connectivity index (χ2n) is 10.2. The Labute approximate surface area is 211 Å². The zero-order valence-corrected chi connectivity index (χ0v) is 21.0. The molecule has 8 heteroatoms. The number of carbonyl (C=O) groups excluding carboxylic acids is 1. The van der Waals surface area contributed by atoms with Crippen LogP contribution in [0.25, 0.3) is 16.9 Å². The van der Waals surface area contributed by atoms with E-state index in [0.29, 0.717) is 13.1 Å². The number of amides is 2. The van der Waals surface area contributed by atoms with Crippen molar-refractivity contribution >= 4 is 11.7 Å². The molecule has 3 aromatic heterocycles. The zero-order valence-electron chi connectivity index (χ0n) is 21.0. The lowest BCUT2D eigenvalue weighted by Gasteiger charge is -2.35. The molecule has 186 valence electrons. The van der Waals surface area contributed by atoms with Crippen LogP contribution in [0.2, 0.25) is 0 Å². The minimum absolute atomic E-state index is 0.0248. The lowest BCUT2D eigenvalue weighted by Crippen LogP contribution is -2.52. The van der Waals surface area contributed by atoms with Crippen LogP contribution < -0.4 is 5.32 Å². The Bertz CT molecular complexity index is 1380. The van der Waals surface area contributed by atoms with Gasteiger partial charge in [0.15, 0.2) is 0 Å². The molecule has 1 saturated heterocycles. The molecule has 5 heterocycles. The third-order valence-corrected chi connectivity index (χ3v) is 7.74. The van der Waals surface area contributed by atoms with Gasteiger partial charge in [-0.3, -0.25) is 10.00 Å². The number of piperidine rings is 1. The first-order valence-electron chi connectivity index (χ1n) is 12.9. The molecule has 0 radical (unpaired) electrons. The summed E-state index contributed by atoms with van der Waals surface area (Å²) >= 11 is 0. The molecule has 0 bridgehead atoms. The molecule has 1 atom stereocenters. The first-order chi connectivity index (χ1) is 17.5. The number of carbonyl (C=O) groups is 1. The third-order valence-electron chi connectivity index (χ3n) is 7.74. The minimum Gasteiger partial charge on any atom is -0.334 e. The highest BCUT2D eigenvalue weighted by molar-refractivity contribution is 5.76. The number of aryl methyl sites for hydroxylation is 2. The van der Waals surface area contributed by atoms with E-state index in [1.807, 2.05) is 33.8 Å². The summed E-state index contributed by atoms with van der Waals surface area (Å²) in [6.45, 7) is 8.54. The largest absolute Gasteiger partial charge is 0.334 e. The number of urea groups is 1. The monoisotopic (exact) mass is 483 g/mol. The standard InChI is InChI=1S/C28H33N7O/c1-19-5-3-6-20(2)23(19)17-33-12-4-7-22(16-33)30-28(36)35-13-10-25-24(18-35)27(32-31-25)21-8-9-26-29-11-14-34(26)15-21/h3,5-6,8-9,11,14-15,22H,4,7,10,12-13,16-18H2,1-2H3,(H,30,36)(H,31,32)/t22-/m1/s1. The molecular weight excluding hydrogens is 450 g/mol. The molecule has 4 aromatic rings. The predicted octanol–water partition coefficient (Wildman–Crippen LogP) is 4.07. The molecule has 1 aromatic carbocycles. The van der Waals surface area contributed by atoms with Crippen molar-refractivity contribution in [3.05, 3.63) is 76.9 Å². The number of likely N-dealkylation sites (tertiary alicyclic amines) is 1. The Morgan fingerprint density at radius 1 is 1.17 bits per heavy atom. The van der Waals surface area contributed by atoms with Crippen molar-refractivity contribution in [2.75, 3.05) is 19.6 Å². The van der Waals surface area contributed by atoms with Gasteiger partial charge in [-0.15, -0.1) is 0 Å². The first kappa shape index (κ1) is 22.8. The minimum atomic E-state index is 0.0248. The normalized spacial score (nSPS) is 18.4. The number of nitrogens with zero attached hydrogens (tertiary/aromatic N) is 5. The van der Waals surface area contributed by atoms with Crippen LogP contribution in [0.4, 0.5) is 4.79 Å². The zero-order chi connectivity index (χ0) is 24.6. The maximum atomic E-state index is 13.3. The van der Waals surface area contributed by atoms with Crippen molar-refractivity contribution in [2.45, 2.75) is 52.2 Å². The summed E-state index contributed by atoms with van der Waals surface area (Å²) in [6, 6.07) is 10.7. The SMILES string of the molecule is Cc1cccc(C)c1CN1CCC[C@@H](NC(=O)N2CCc3[nH]nc(-c4ccc5nccn5c4)c3C2)C1. The van der Waals surface area contributed by atoms with E-state index >= 15 is 0 Å². The Balaban J connectivity index is 1.12. The van der Waals surface area contributed by atoms with Gasteiger partial charge in [0, 0.05) is 67.5 Å². The molecule has 8 nitrogen and oxygen atoms in total. The van der Waals surface area contributed by atoms with E-state index in [1.165, 1.54) is 16.7 Å². The van der Waals surface area contributed by atoms with E-state index in [9.17, 15) is 4.79 Å². The van der Waals surface area contributed by atoms with E-state index in [2.05, 4.69) is 57.4 Å². The van der Waals surface area contributed by atoms with Crippen LogP contribution in [0.1, 0.15) is 40.8 Å². The van der Waals surface area contributed by atoms with Gasteiger partial charge in [0.2, 0.25) is 0 Å². The lowest BCUT2D eigenvalue weighted by atomic mass is 10.00. The maximum absolute atomic E-state index is 13.3. The summed E-state index contributed by atoms with van der Waals surface area (Å²) in [6.07, 6.45) is 8.68. The van der Waals surface area contributed by atoms with E-state index in [-0.39, 0.29) is 12.1 Å². The van der Waals surface area contributed by atoms with Crippen LogP contribution in [-0.2, 0) is 19.5 Å². The number of H-pyrrole nitrogens is 1. The smallest absolute Gasteiger partial charge is 0.317 e. The van der Waals surface area contributed by atoms with Crippen molar-refractivity contribution in [3.63, 3.8) is 0 Å². The number of rotatable bonds is 4. The summed E-state index contributed by atoms with van der Waals surface area (Å²) in [7, 11) is 0. The van der Waals surface area contributed by atoms with Crippen molar-refractivity contribution in [3.8, 4) is 11.3 Å². The quantitative estimate of drug-likeness (QED) is 0.458. The lowest BCUT2D eigenvalue weighted by molar-refractivity contribution is 0.160. The first-order valence-corrected chi connectivity index (χ1v) is 12.9. The van der Waals surface area contributed by atoms with Gasteiger partial charge in [0.1, 0.15) is 5.65 Å². The number of hydrogen-bond donors (Lipinski definition) is 2. The molecule has 2 aliphatic heterocycles. The van der Waals surface area contributed by atoms with Crippen molar-refractivity contribution in [1.29, 1.82) is 0 Å². The van der Waals surface area contributed by atoms with E-state index in [1.54, 1.807) is 6.20 Å². The molecule has 0 aliphatic carbocycles. The molecule has 2 amide bonds. The summed E-state index contributed by atoms with van der Waals surface area (Å²) in [5, 5.41) is 11.2. The van der Waals surface area contributed by atoms with E-state index in [0.717, 1.165) is 67.1 Å². The summed E-state index contributed by atoms with van der Waals surface area (Å²) in [5.74, 6) is 0. The van der Waals surface area contributed by atoms with Crippen LogP contribution in [0, 0.1) is 13.8 Å². The summed E-state index contributed by atoms with van der Waals surface area (Å²) in [4.78, 5) is 22.1. The van der Waals surface area contributed by atoms with Gasteiger partial charge in [-0.25, -0.2) is 9.78 Å². The highest BCUT2D eigenvalue weighted by Gasteiger charge is 2.28. The van der Waals surface area contributed by atoms with Gasteiger partial charge in [-0.1, -0.05) is 18.2 Å². The van der Waals surface area contributed by atoms with Crippen LogP contribution in [0.3, 0.4) is 0 Å². The predicted molar refractivity (Wildman–Crippen MR) is 140 cm³/mol. The molecular formula is C28H33N7O. The third kappa shape index (κ3) is 4.37. The second kappa shape index (κ2) is 9.43. The van der Waals surface area contributed by atoms with Crippen LogP contribution in [-0.4, -0.2) is 61.1 Å². The van der Waals surface area contributed by atoms with Gasteiger partial charge in [0.05, 0.1) is 12.2 Å². The average molecular weight is 484 g/mol. The fourth-order valence-electron chi connectivity index (χ4n) is 5.67. The number of benzene rings is 1. The van der Waals surface area contributed by atoms with Gasteiger partial charge < -0.3 is 14.6 Å². The molecule has 6 rings (SSSR count). The van der Waals surface area contributed by atoms with Gasteiger partial charge in [0.25, 0.3) is 0 Å². The molecule has 0 spiro atoms. The highest BCUT2D eigenvalue weighted by atomic mass is 16.2. The maximum Gasteiger partial charge on any atom is 0.317 e. The fourth-order valence-corrected chi connectivity index (χ4v) is 5.67. The highest BCUT2D eigenvalue weighted by Crippen LogP contribution is 2.29. The molecule has 2 aliphatic rings. The van der Waals surface area contributed by atoms with Gasteiger partial charge in [-0.05, 0) is 62.1 Å². The van der Waals surface area contributed by atoms with Gasteiger partial charge in [-0.2, -0.15) is 5.10 Å². The summed E-state index contributed by atoms with van der Waals surface area (Å²) in [5.41, 5.74) is 9.16. The molecule has 36 heavy (non-hydrogen) atoms. The number of fused-ring (bicyclic) bond motifs is 2.